The highest BCUT2D eigenvalue weighted by molar-refractivity contribution is 4.73. The minimum absolute atomic E-state index is 0.736. The minimum atomic E-state index is 0.736. The molecule has 0 aromatic carbocycles. The molecular weight excluding hydrogens is 160 g/mol. The average molecular weight is 184 g/mol. The maximum absolute atomic E-state index is 3.48. The van der Waals surface area contributed by atoms with Crippen molar-refractivity contribution in [2.75, 3.05) is 26.2 Å². The van der Waals surface area contributed by atoms with E-state index >= 15 is 0 Å². The summed E-state index contributed by atoms with van der Waals surface area (Å²) in [5, 5.41) is 3.48. The van der Waals surface area contributed by atoms with E-state index in [1.165, 1.54) is 51.9 Å². The molecular formula is C11H24N2. The van der Waals surface area contributed by atoms with Crippen LogP contribution in [0.1, 0.15) is 39.5 Å². The Morgan fingerprint density at radius 2 is 2.23 bits per heavy atom. The lowest BCUT2D eigenvalue weighted by atomic mass is 10.2. The van der Waals surface area contributed by atoms with Crippen molar-refractivity contribution in [2.24, 2.45) is 0 Å². The topological polar surface area (TPSA) is 15.3 Å². The molecule has 0 aromatic rings. The van der Waals surface area contributed by atoms with Gasteiger partial charge in [0, 0.05) is 12.6 Å². The maximum atomic E-state index is 3.48. The Kier molecular flexibility index (Phi) is 5.40. The second-order valence-corrected chi connectivity index (χ2v) is 4.15. The molecule has 1 aliphatic heterocycles. The first-order chi connectivity index (χ1) is 6.34. The van der Waals surface area contributed by atoms with Crippen molar-refractivity contribution in [1.29, 1.82) is 0 Å². The van der Waals surface area contributed by atoms with Crippen LogP contribution in [0, 0.1) is 0 Å². The van der Waals surface area contributed by atoms with Crippen LogP contribution < -0.4 is 5.32 Å². The van der Waals surface area contributed by atoms with E-state index in [1.807, 2.05) is 0 Å². The predicted octanol–water partition coefficient (Wildman–Crippen LogP) is 1.86. The first-order valence-electron chi connectivity index (χ1n) is 5.79. The molecule has 2 nitrogen and oxygen atoms in total. The average Bonchev–Trinajstić information content (AvgIpc) is 2.32. The Hall–Kier alpha value is -0.0800. The van der Waals surface area contributed by atoms with Crippen LogP contribution in [0.4, 0.5) is 0 Å². The number of nitrogens with one attached hydrogen (secondary N) is 1. The van der Waals surface area contributed by atoms with Gasteiger partial charge in [0.25, 0.3) is 0 Å². The van der Waals surface area contributed by atoms with E-state index < -0.39 is 0 Å². The Labute approximate surface area is 82.7 Å². The largest absolute Gasteiger partial charge is 0.315 e. The Morgan fingerprint density at radius 1 is 1.38 bits per heavy atom. The zero-order valence-electron chi connectivity index (χ0n) is 9.18. The maximum Gasteiger partial charge on any atom is 0.0192 e. The quantitative estimate of drug-likeness (QED) is 0.671. The summed E-state index contributed by atoms with van der Waals surface area (Å²) in [7, 11) is 0. The molecule has 1 fully saturated rings. The molecule has 1 atom stereocenters. The van der Waals surface area contributed by atoms with Crippen LogP contribution in [-0.4, -0.2) is 37.1 Å². The van der Waals surface area contributed by atoms with Crippen LogP contribution in [-0.2, 0) is 0 Å². The van der Waals surface area contributed by atoms with Gasteiger partial charge in [-0.25, -0.2) is 0 Å². The third-order valence-electron chi connectivity index (χ3n) is 2.91. The molecule has 0 amide bonds. The summed E-state index contributed by atoms with van der Waals surface area (Å²) in [6.07, 6.45) is 5.41. The molecule has 1 aliphatic rings. The van der Waals surface area contributed by atoms with Gasteiger partial charge in [0.15, 0.2) is 0 Å². The molecule has 1 N–H and O–H groups in total. The van der Waals surface area contributed by atoms with Crippen LogP contribution in [0.25, 0.3) is 0 Å². The highest BCUT2D eigenvalue weighted by Gasteiger charge is 2.14. The highest BCUT2D eigenvalue weighted by atomic mass is 15.2. The summed E-state index contributed by atoms with van der Waals surface area (Å²) in [5.41, 5.74) is 0. The molecule has 1 rings (SSSR count). The summed E-state index contributed by atoms with van der Waals surface area (Å²) in [6.45, 7) is 9.58. The first-order valence-corrected chi connectivity index (χ1v) is 5.79. The van der Waals surface area contributed by atoms with Gasteiger partial charge in [-0.3, -0.25) is 4.90 Å². The van der Waals surface area contributed by atoms with Crippen molar-refractivity contribution in [3.63, 3.8) is 0 Å². The Balaban J connectivity index is 2.19. The molecule has 2 heteroatoms. The van der Waals surface area contributed by atoms with Gasteiger partial charge in [0.05, 0.1) is 0 Å². The van der Waals surface area contributed by atoms with Gasteiger partial charge in [0.1, 0.15) is 0 Å². The van der Waals surface area contributed by atoms with Crippen LogP contribution in [0.5, 0.6) is 0 Å². The number of rotatable bonds is 4. The lowest BCUT2D eigenvalue weighted by molar-refractivity contribution is 0.218. The first kappa shape index (κ1) is 11.0. The van der Waals surface area contributed by atoms with Gasteiger partial charge < -0.3 is 5.32 Å². The molecule has 0 bridgehead atoms. The molecule has 78 valence electrons. The van der Waals surface area contributed by atoms with Crippen molar-refractivity contribution in [1.82, 2.24) is 10.2 Å². The molecule has 0 spiro atoms. The predicted molar refractivity (Wildman–Crippen MR) is 58.0 cm³/mol. The molecule has 1 saturated heterocycles. The fourth-order valence-corrected chi connectivity index (χ4v) is 1.96. The SMILES string of the molecule is CCCCCN1CCCNCC1C. The van der Waals surface area contributed by atoms with E-state index in [1.54, 1.807) is 0 Å². The zero-order valence-corrected chi connectivity index (χ0v) is 9.18. The summed E-state index contributed by atoms with van der Waals surface area (Å²) in [5.74, 6) is 0. The van der Waals surface area contributed by atoms with Crippen molar-refractivity contribution in [2.45, 2.75) is 45.6 Å². The molecule has 0 saturated carbocycles. The standard InChI is InChI=1S/C11H24N2/c1-3-4-5-8-13-9-6-7-12-10-11(13)2/h11-12H,3-10H2,1-2H3. The lowest BCUT2D eigenvalue weighted by Gasteiger charge is -2.26. The van der Waals surface area contributed by atoms with E-state index in [-0.39, 0.29) is 0 Å². The fraction of sp³-hybridized carbons (Fsp3) is 1.00. The minimum Gasteiger partial charge on any atom is -0.315 e. The molecule has 1 unspecified atom stereocenters. The van der Waals surface area contributed by atoms with Crippen LogP contribution in [0.3, 0.4) is 0 Å². The number of hydrogen-bond donors (Lipinski definition) is 1. The lowest BCUT2D eigenvalue weighted by Crippen LogP contribution is -2.37. The monoisotopic (exact) mass is 184 g/mol. The van der Waals surface area contributed by atoms with Gasteiger partial charge >= 0.3 is 0 Å². The number of unbranched alkanes of at least 4 members (excludes halogenated alkanes) is 2. The molecule has 0 aromatic heterocycles. The van der Waals surface area contributed by atoms with Gasteiger partial charge in [-0.2, -0.15) is 0 Å². The molecule has 0 aliphatic carbocycles. The second-order valence-electron chi connectivity index (χ2n) is 4.15. The van der Waals surface area contributed by atoms with Gasteiger partial charge in [-0.1, -0.05) is 19.8 Å². The number of nitrogens with zero attached hydrogens (tertiary/aromatic N) is 1. The molecule has 13 heavy (non-hydrogen) atoms. The van der Waals surface area contributed by atoms with Crippen LogP contribution in [0.2, 0.25) is 0 Å². The molecule has 1 heterocycles. The summed E-state index contributed by atoms with van der Waals surface area (Å²) in [4.78, 5) is 2.63. The van der Waals surface area contributed by atoms with Crippen molar-refractivity contribution < 1.29 is 0 Å². The second kappa shape index (κ2) is 6.39. The summed E-state index contributed by atoms with van der Waals surface area (Å²) < 4.78 is 0. The van der Waals surface area contributed by atoms with Crippen molar-refractivity contribution in [3.05, 3.63) is 0 Å². The third kappa shape index (κ3) is 4.10. The zero-order chi connectivity index (χ0) is 9.52. The van der Waals surface area contributed by atoms with Crippen molar-refractivity contribution >= 4 is 0 Å². The van der Waals surface area contributed by atoms with E-state index in [9.17, 15) is 0 Å². The summed E-state index contributed by atoms with van der Waals surface area (Å²) >= 11 is 0. The van der Waals surface area contributed by atoms with E-state index in [4.69, 9.17) is 0 Å². The Bertz CT molecular complexity index is 125. The van der Waals surface area contributed by atoms with Crippen LogP contribution >= 0.6 is 0 Å². The van der Waals surface area contributed by atoms with Crippen molar-refractivity contribution in [3.8, 4) is 0 Å². The number of hydrogen-bond acceptors (Lipinski definition) is 2. The van der Waals surface area contributed by atoms with E-state index in [2.05, 4.69) is 24.1 Å². The third-order valence-corrected chi connectivity index (χ3v) is 2.91. The van der Waals surface area contributed by atoms with Gasteiger partial charge in [-0.05, 0) is 39.4 Å². The van der Waals surface area contributed by atoms with E-state index in [0.29, 0.717) is 0 Å². The highest BCUT2D eigenvalue weighted by Crippen LogP contribution is 2.06. The molecule has 0 radical (unpaired) electrons. The van der Waals surface area contributed by atoms with E-state index in [0.717, 1.165) is 6.04 Å². The normalized spacial score (nSPS) is 25.8. The van der Waals surface area contributed by atoms with Gasteiger partial charge in [-0.15, -0.1) is 0 Å². The smallest absolute Gasteiger partial charge is 0.0192 e. The van der Waals surface area contributed by atoms with Crippen LogP contribution in [0.15, 0.2) is 0 Å². The van der Waals surface area contributed by atoms with Gasteiger partial charge in [0.2, 0.25) is 0 Å². The Morgan fingerprint density at radius 3 is 3.00 bits per heavy atom. The fourth-order valence-electron chi connectivity index (χ4n) is 1.96. The summed E-state index contributed by atoms with van der Waals surface area (Å²) in [6, 6.07) is 0.736.